The van der Waals surface area contributed by atoms with Gasteiger partial charge >= 0.3 is 0 Å². The van der Waals surface area contributed by atoms with Crippen molar-refractivity contribution in [2.24, 2.45) is 0 Å². The predicted molar refractivity (Wildman–Crippen MR) is 82.4 cm³/mol. The summed E-state index contributed by atoms with van der Waals surface area (Å²) in [6, 6.07) is 14.2. The predicted octanol–water partition coefficient (Wildman–Crippen LogP) is 4.29. The minimum absolute atomic E-state index is 0.0163. The number of halogens is 2. The van der Waals surface area contributed by atoms with Gasteiger partial charge in [-0.2, -0.15) is 0 Å². The highest BCUT2D eigenvalue weighted by atomic mass is 19.1. The number of rotatable bonds is 6. The summed E-state index contributed by atoms with van der Waals surface area (Å²) in [5.41, 5.74) is 1.42. The molecule has 0 saturated heterocycles. The summed E-state index contributed by atoms with van der Waals surface area (Å²) in [5.74, 6) is -0.585. The highest BCUT2D eigenvalue weighted by Crippen LogP contribution is 2.16. The summed E-state index contributed by atoms with van der Waals surface area (Å²) in [6.07, 6.45) is 0.347. The maximum atomic E-state index is 13.6. The minimum atomic E-state index is -0.472. The maximum Gasteiger partial charge on any atom is 0.129 e. The standard InChI is InChI=1S/C18H21F2N/c1-13(15-7-4-3-5-8-15)12-21-14(2)11-16-17(19)9-6-10-18(16)20/h3-10,13-14,21H,11-12H2,1-2H3. The average molecular weight is 289 g/mol. The molecule has 21 heavy (non-hydrogen) atoms. The molecule has 0 aliphatic carbocycles. The Morgan fingerprint density at radius 1 is 0.905 bits per heavy atom. The van der Waals surface area contributed by atoms with Crippen LogP contribution < -0.4 is 5.32 Å². The first-order chi connectivity index (χ1) is 10.1. The van der Waals surface area contributed by atoms with Crippen LogP contribution in [0.1, 0.15) is 30.9 Å². The van der Waals surface area contributed by atoms with Crippen molar-refractivity contribution < 1.29 is 8.78 Å². The Morgan fingerprint density at radius 3 is 2.14 bits per heavy atom. The molecule has 0 aromatic heterocycles. The van der Waals surface area contributed by atoms with Gasteiger partial charge in [0.1, 0.15) is 11.6 Å². The lowest BCUT2D eigenvalue weighted by molar-refractivity contribution is 0.486. The van der Waals surface area contributed by atoms with Crippen LogP contribution in [0.15, 0.2) is 48.5 Å². The van der Waals surface area contributed by atoms with Crippen LogP contribution >= 0.6 is 0 Å². The van der Waals surface area contributed by atoms with Crippen molar-refractivity contribution in [1.82, 2.24) is 5.32 Å². The number of hydrogen-bond acceptors (Lipinski definition) is 1. The quantitative estimate of drug-likeness (QED) is 0.836. The molecular formula is C18H21F2N. The Bertz CT molecular complexity index is 548. The monoisotopic (exact) mass is 289 g/mol. The molecule has 0 amide bonds. The first kappa shape index (κ1) is 15.6. The van der Waals surface area contributed by atoms with E-state index in [1.807, 2.05) is 25.1 Å². The van der Waals surface area contributed by atoms with Gasteiger partial charge in [-0.15, -0.1) is 0 Å². The zero-order valence-corrected chi connectivity index (χ0v) is 12.4. The van der Waals surface area contributed by atoms with Gasteiger partial charge in [-0.05, 0) is 37.0 Å². The Kier molecular flexibility index (Phi) is 5.45. The molecule has 2 aromatic carbocycles. The van der Waals surface area contributed by atoms with E-state index in [2.05, 4.69) is 24.4 Å². The zero-order chi connectivity index (χ0) is 15.2. The first-order valence-electron chi connectivity index (χ1n) is 7.29. The molecule has 2 aromatic rings. The molecule has 1 N–H and O–H groups in total. The molecule has 0 bridgehead atoms. The Hall–Kier alpha value is -1.74. The lowest BCUT2D eigenvalue weighted by Gasteiger charge is -2.18. The lowest BCUT2D eigenvalue weighted by atomic mass is 10.00. The van der Waals surface area contributed by atoms with Gasteiger partial charge in [-0.3, -0.25) is 0 Å². The molecule has 112 valence electrons. The van der Waals surface area contributed by atoms with E-state index in [1.54, 1.807) is 0 Å². The van der Waals surface area contributed by atoms with Crippen LogP contribution in [0, 0.1) is 11.6 Å². The first-order valence-corrected chi connectivity index (χ1v) is 7.29. The summed E-state index contributed by atoms with van der Waals surface area (Å²) in [7, 11) is 0. The Balaban J connectivity index is 1.89. The molecule has 2 atom stereocenters. The summed E-state index contributed by atoms with van der Waals surface area (Å²) < 4.78 is 27.2. The fourth-order valence-electron chi connectivity index (χ4n) is 2.38. The normalized spacial score (nSPS) is 13.9. The van der Waals surface area contributed by atoms with E-state index in [1.165, 1.54) is 23.8 Å². The molecule has 0 radical (unpaired) electrons. The van der Waals surface area contributed by atoms with E-state index >= 15 is 0 Å². The zero-order valence-electron chi connectivity index (χ0n) is 12.4. The molecule has 3 heteroatoms. The van der Waals surface area contributed by atoms with Crippen LogP contribution in [0.25, 0.3) is 0 Å². The van der Waals surface area contributed by atoms with Crippen molar-refractivity contribution in [3.05, 3.63) is 71.3 Å². The second-order valence-electron chi connectivity index (χ2n) is 5.53. The second-order valence-corrected chi connectivity index (χ2v) is 5.53. The molecular weight excluding hydrogens is 268 g/mol. The lowest BCUT2D eigenvalue weighted by Crippen LogP contribution is -2.32. The maximum absolute atomic E-state index is 13.6. The highest BCUT2D eigenvalue weighted by molar-refractivity contribution is 5.21. The molecule has 0 heterocycles. The van der Waals surface area contributed by atoms with Gasteiger partial charge in [0.05, 0.1) is 0 Å². The van der Waals surface area contributed by atoms with Crippen molar-refractivity contribution in [1.29, 1.82) is 0 Å². The van der Waals surface area contributed by atoms with Crippen LogP contribution in [-0.2, 0) is 6.42 Å². The summed E-state index contributed by atoms with van der Waals surface area (Å²) >= 11 is 0. The van der Waals surface area contributed by atoms with Gasteiger partial charge in [-0.25, -0.2) is 8.78 Å². The van der Waals surface area contributed by atoms with Crippen molar-refractivity contribution in [3.63, 3.8) is 0 Å². The second kappa shape index (κ2) is 7.32. The van der Waals surface area contributed by atoms with Gasteiger partial charge in [0.2, 0.25) is 0 Å². The van der Waals surface area contributed by atoms with Crippen molar-refractivity contribution in [3.8, 4) is 0 Å². The average Bonchev–Trinajstić information content (AvgIpc) is 2.49. The molecule has 0 fully saturated rings. The van der Waals surface area contributed by atoms with Gasteiger partial charge in [-0.1, -0.05) is 43.3 Å². The SMILES string of the molecule is CC(Cc1c(F)cccc1F)NCC(C)c1ccccc1. The van der Waals surface area contributed by atoms with E-state index in [9.17, 15) is 8.78 Å². The number of hydrogen-bond donors (Lipinski definition) is 1. The molecule has 0 aliphatic rings. The van der Waals surface area contributed by atoms with Crippen molar-refractivity contribution >= 4 is 0 Å². The fraction of sp³-hybridized carbons (Fsp3) is 0.333. The largest absolute Gasteiger partial charge is 0.313 e. The Morgan fingerprint density at radius 2 is 1.52 bits per heavy atom. The van der Waals surface area contributed by atoms with Crippen LogP contribution in [0.5, 0.6) is 0 Å². The summed E-state index contributed by atoms with van der Waals surface area (Å²) in [5, 5.41) is 3.35. The molecule has 2 rings (SSSR count). The number of benzene rings is 2. The molecule has 2 unspecified atom stereocenters. The molecule has 0 saturated carbocycles. The third kappa shape index (κ3) is 4.36. The summed E-state index contributed by atoms with van der Waals surface area (Å²) in [6.45, 7) is 4.86. The van der Waals surface area contributed by atoms with E-state index in [-0.39, 0.29) is 11.6 Å². The van der Waals surface area contributed by atoms with Crippen LogP contribution in [0.2, 0.25) is 0 Å². The fourth-order valence-corrected chi connectivity index (χ4v) is 2.38. The number of nitrogens with one attached hydrogen (secondary N) is 1. The van der Waals surface area contributed by atoms with Crippen LogP contribution in [0.3, 0.4) is 0 Å². The third-order valence-electron chi connectivity index (χ3n) is 3.71. The van der Waals surface area contributed by atoms with Crippen molar-refractivity contribution in [2.75, 3.05) is 6.54 Å². The van der Waals surface area contributed by atoms with Crippen molar-refractivity contribution in [2.45, 2.75) is 32.2 Å². The van der Waals surface area contributed by atoms with E-state index < -0.39 is 11.6 Å². The van der Waals surface area contributed by atoms with Gasteiger partial charge in [0.15, 0.2) is 0 Å². The third-order valence-corrected chi connectivity index (χ3v) is 3.71. The summed E-state index contributed by atoms with van der Waals surface area (Å²) in [4.78, 5) is 0. The highest BCUT2D eigenvalue weighted by Gasteiger charge is 2.13. The smallest absolute Gasteiger partial charge is 0.129 e. The van der Waals surface area contributed by atoms with Gasteiger partial charge < -0.3 is 5.32 Å². The topological polar surface area (TPSA) is 12.0 Å². The van der Waals surface area contributed by atoms with Crippen LogP contribution in [-0.4, -0.2) is 12.6 Å². The minimum Gasteiger partial charge on any atom is -0.313 e. The van der Waals surface area contributed by atoms with Gasteiger partial charge in [0.25, 0.3) is 0 Å². The molecule has 0 aliphatic heterocycles. The van der Waals surface area contributed by atoms with Crippen LogP contribution in [0.4, 0.5) is 8.78 Å². The van der Waals surface area contributed by atoms with E-state index in [0.717, 1.165) is 6.54 Å². The van der Waals surface area contributed by atoms with E-state index in [0.29, 0.717) is 12.3 Å². The van der Waals surface area contributed by atoms with Gasteiger partial charge in [0, 0.05) is 18.2 Å². The molecule has 0 spiro atoms. The molecule has 1 nitrogen and oxygen atoms in total. The Labute approximate surface area is 125 Å². The van der Waals surface area contributed by atoms with E-state index in [4.69, 9.17) is 0 Å².